The van der Waals surface area contributed by atoms with Gasteiger partial charge < -0.3 is 14.6 Å². The summed E-state index contributed by atoms with van der Waals surface area (Å²) in [6.45, 7) is 1.77. The van der Waals surface area contributed by atoms with Crippen LogP contribution in [0.4, 0.5) is 0 Å². The molecule has 0 saturated carbocycles. The standard InChI is InChI=1S/C19H17NO4/c1-12(13-7-9-20-10-8-13)24-19(22)17-5-3-14-11-15(23-2)4-6-16(14)18(17)21/h3-12,21H,1-2H3/t12-/m0/s1. The third-order valence-electron chi connectivity index (χ3n) is 3.88. The number of aromatic nitrogens is 1. The SMILES string of the molecule is COc1ccc2c(O)c(C(=O)O[C@@H](C)c3ccncc3)ccc2c1. The molecule has 122 valence electrons. The van der Waals surface area contributed by atoms with Gasteiger partial charge in [0.1, 0.15) is 23.2 Å². The Balaban J connectivity index is 1.88. The Morgan fingerprint density at radius 2 is 1.88 bits per heavy atom. The molecular weight excluding hydrogens is 306 g/mol. The topological polar surface area (TPSA) is 68.7 Å². The van der Waals surface area contributed by atoms with Crippen molar-refractivity contribution in [3.63, 3.8) is 0 Å². The van der Waals surface area contributed by atoms with Gasteiger partial charge in [-0.1, -0.05) is 6.07 Å². The highest BCUT2D eigenvalue weighted by atomic mass is 16.5. The monoisotopic (exact) mass is 323 g/mol. The Morgan fingerprint density at radius 3 is 2.58 bits per heavy atom. The second-order valence-corrected chi connectivity index (χ2v) is 5.38. The second-order valence-electron chi connectivity index (χ2n) is 5.38. The minimum absolute atomic E-state index is 0.0953. The number of phenolic OH excluding ortho intramolecular Hbond substituents is 1. The number of pyridine rings is 1. The quantitative estimate of drug-likeness (QED) is 0.738. The van der Waals surface area contributed by atoms with Crippen molar-refractivity contribution in [1.29, 1.82) is 0 Å². The van der Waals surface area contributed by atoms with Crippen LogP contribution in [0.1, 0.15) is 28.9 Å². The molecule has 1 N–H and O–H groups in total. The summed E-state index contributed by atoms with van der Waals surface area (Å²) in [5, 5.41) is 11.8. The van der Waals surface area contributed by atoms with Crippen molar-refractivity contribution >= 4 is 16.7 Å². The van der Waals surface area contributed by atoms with E-state index in [1.165, 1.54) is 0 Å². The van der Waals surface area contributed by atoms with Gasteiger partial charge in [0.05, 0.1) is 7.11 Å². The third kappa shape index (κ3) is 3.01. The molecule has 0 fully saturated rings. The average Bonchev–Trinajstić information content (AvgIpc) is 2.62. The van der Waals surface area contributed by atoms with Gasteiger partial charge >= 0.3 is 5.97 Å². The molecule has 0 aliphatic rings. The van der Waals surface area contributed by atoms with Crippen LogP contribution < -0.4 is 4.74 Å². The first kappa shape index (κ1) is 15.8. The summed E-state index contributed by atoms with van der Waals surface area (Å²) in [6, 6.07) is 12.1. The fourth-order valence-corrected chi connectivity index (χ4v) is 2.51. The van der Waals surface area contributed by atoms with Crippen LogP contribution in [-0.4, -0.2) is 23.2 Å². The summed E-state index contributed by atoms with van der Waals surface area (Å²) in [6.07, 6.45) is 2.84. The van der Waals surface area contributed by atoms with Crippen LogP contribution in [0.25, 0.3) is 10.8 Å². The van der Waals surface area contributed by atoms with Crippen LogP contribution in [0, 0.1) is 0 Å². The van der Waals surface area contributed by atoms with Gasteiger partial charge in [0.25, 0.3) is 0 Å². The molecule has 24 heavy (non-hydrogen) atoms. The first-order valence-corrected chi connectivity index (χ1v) is 7.51. The Morgan fingerprint density at radius 1 is 1.12 bits per heavy atom. The summed E-state index contributed by atoms with van der Waals surface area (Å²) in [5.41, 5.74) is 0.969. The number of methoxy groups -OCH3 is 1. The van der Waals surface area contributed by atoms with Gasteiger partial charge in [-0.15, -0.1) is 0 Å². The van der Waals surface area contributed by atoms with Gasteiger partial charge in [-0.3, -0.25) is 4.98 Å². The molecule has 3 aromatic rings. The number of phenols is 1. The van der Waals surface area contributed by atoms with Crippen molar-refractivity contribution in [2.24, 2.45) is 0 Å². The van der Waals surface area contributed by atoms with E-state index in [2.05, 4.69) is 4.98 Å². The number of hydrogen-bond donors (Lipinski definition) is 1. The van der Waals surface area contributed by atoms with Crippen LogP contribution >= 0.6 is 0 Å². The third-order valence-corrected chi connectivity index (χ3v) is 3.88. The van der Waals surface area contributed by atoms with Crippen molar-refractivity contribution in [3.8, 4) is 11.5 Å². The van der Waals surface area contributed by atoms with Gasteiger partial charge in [0.15, 0.2) is 0 Å². The number of carbonyl (C=O) groups is 1. The summed E-state index contributed by atoms with van der Waals surface area (Å²) in [4.78, 5) is 16.3. The molecule has 3 rings (SSSR count). The molecule has 0 aliphatic heterocycles. The molecule has 1 aromatic heterocycles. The van der Waals surface area contributed by atoms with Crippen molar-refractivity contribution in [3.05, 3.63) is 66.0 Å². The summed E-state index contributed by atoms with van der Waals surface area (Å²) in [5.74, 6) is 0.0140. The molecule has 0 unspecified atom stereocenters. The molecular formula is C19H17NO4. The maximum Gasteiger partial charge on any atom is 0.342 e. The lowest BCUT2D eigenvalue weighted by Crippen LogP contribution is -2.09. The van der Waals surface area contributed by atoms with E-state index in [0.717, 1.165) is 10.9 Å². The highest BCUT2D eigenvalue weighted by molar-refractivity contribution is 6.01. The number of rotatable bonds is 4. The van der Waals surface area contributed by atoms with Gasteiger partial charge in [0.2, 0.25) is 0 Å². The number of aromatic hydroxyl groups is 1. The van der Waals surface area contributed by atoms with E-state index in [4.69, 9.17) is 9.47 Å². The Kier molecular flexibility index (Phi) is 4.33. The van der Waals surface area contributed by atoms with Crippen molar-refractivity contribution in [2.75, 3.05) is 7.11 Å². The minimum Gasteiger partial charge on any atom is -0.506 e. The lowest BCUT2D eigenvalue weighted by molar-refractivity contribution is 0.0335. The Bertz CT molecular complexity index is 877. The van der Waals surface area contributed by atoms with Gasteiger partial charge in [0, 0.05) is 17.8 Å². The molecule has 5 heteroatoms. The van der Waals surface area contributed by atoms with E-state index in [1.807, 2.05) is 0 Å². The number of esters is 1. The van der Waals surface area contributed by atoms with E-state index in [1.54, 1.807) is 68.9 Å². The zero-order valence-corrected chi connectivity index (χ0v) is 13.4. The van der Waals surface area contributed by atoms with Crippen molar-refractivity contribution in [2.45, 2.75) is 13.0 Å². The number of fused-ring (bicyclic) bond motifs is 1. The maximum absolute atomic E-state index is 12.4. The number of hydrogen-bond acceptors (Lipinski definition) is 5. The molecule has 1 atom stereocenters. The average molecular weight is 323 g/mol. The number of carbonyl (C=O) groups excluding carboxylic acids is 1. The summed E-state index contributed by atoms with van der Waals surface area (Å²) < 4.78 is 10.6. The first-order valence-electron chi connectivity index (χ1n) is 7.51. The van der Waals surface area contributed by atoms with Crippen LogP contribution in [0.3, 0.4) is 0 Å². The van der Waals surface area contributed by atoms with Gasteiger partial charge in [-0.2, -0.15) is 0 Å². The molecule has 0 aliphatic carbocycles. The van der Waals surface area contributed by atoms with Crippen LogP contribution in [0.2, 0.25) is 0 Å². The van der Waals surface area contributed by atoms with E-state index in [9.17, 15) is 9.90 Å². The van der Waals surface area contributed by atoms with Crippen LogP contribution in [0.15, 0.2) is 54.9 Å². The molecule has 0 radical (unpaired) electrons. The normalized spacial score (nSPS) is 11.9. The summed E-state index contributed by atoms with van der Waals surface area (Å²) >= 11 is 0. The van der Waals surface area contributed by atoms with Crippen molar-refractivity contribution in [1.82, 2.24) is 4.98 Å². The highest BCUT2D eigenvalue weighted by Gasteiger charge is 2.18. The molecule has 5 nitrogen and oxygen atoms in total. The zero-order chi connectivity index (χ0) is 17.1. The van der Waals surface area contributed by atoms with E-state index in [0.29, 0.717) is 11.1 Å². The van der Waals surface area contributed by atoms with Gasteiger partial charge in [-0.05, 0) is 54.3 Å². The minimum atomic E-state index is -0.575. The number of ether oxygens (including phenoxy) is 2. The number of benzene rings is 2. The van der Waals surface area contributed by atoms with Gasteiger partial charge in [-0.25, -0.2) is 4.79 Å². The predicted molar refractivity (Wildman–Crippen MR) is 90.2 cm³/mol. The summed E-state index contributed by atoms with van der Waals surface area (Å²) in [7, 11) is 1.58. The Hall–Kier alpha value is -3.08. The molecule has 0 spiro atoms. The molecule has 1 heterocycles. The first-order chi connectivity index (χ1) is 11.6. The van der Waals surface area contributed by atoms with Crippen LogP contribution in [0.5, 0.6) is 11.5 Å². The Labute approximate surface area is 139 Å². The lowest BCUT2D eigenvalue weighted by atomic mass is 10.0. The fourth-order valence-electron chi connectivity index (χ4n) is 2.51. The highest BCUT2D eigenvalue weighted by Crippen LogP contribution is 2.32. The van der Waals surface area contributed by atoms with E-state index < -0.39 is 12.1 Å². The smallest absolute Gasteiger partial charge is 0.342 e. The van der Waals surface area contributed by atoms with Crippen LogP contribution in [-0.2, 0) is 4.74 Å². The largest absolute Gasteiger partial charge is 0.506 e. The lowest BCUT2D eigenvalue weighted by Gasteiger charge is -2.14. The molecule has 0 saturated heterocycles. The maximum atomic E-state index is 12.4. The fraction of sp³-hybridized carbons (Fsp3) is 0.158. The second kappa shape index (κ2) is 6.58. The molecule has 0 bridgehead atoms. The molecule has 0 amide bonds. The number of nitrogens with zero attached hydrogens (tertiary/aromatic N) is 1. The zero-order valence-electron chi connectivity index (χ0n) is 13.4. The van der Waals surface area contributed by atoms with E-state index >= 15 is 0 Å². The predicted octanol–water partition coefficient (Wildman–Crippen LogP) is 3.87. The molecule has 2 aromatic carbocycles. The van der Waals surface area contributed by atoms with Crippen molar-refractivity contribution < 1.29 is 19.4 Å². The van der Waals surface area contributed by atoms with E-state index in [-0.39, 0.29) is 11.3 Å².